The molecule has 4 nitrogen and oxygen atoms in total. The van der Waals surface area contributed by atoms with Gasteiger partial charge in [-0.1, -0.05) is 19.9 Å². The van der Waals surface area contributed by atoms with Crippen molar-refractivity contribution in [3.8, 4) is 5.75 Å². The van der Waals surface area contributed by atoms with Gasteiger partial charge >= 0.3 is 0 Å². The second-order valence-electron chi connectivity index (χ2n) is 7.76. The predicted molar refractivity (Wildman–Crippen MR) is 104 cm³/mol. The first-order valence-electron chi connectivity index (χ1n) is 9.45. The van der Waals surface area contributed by atoms with Crippen molar-refractivity contribution in [2.24, 2.45) is 17.8 Å². The van der Waals surface area contributed by atoms with Crippen LogP contribution in [0.15, 0.2) is 36.4 Å². The van der Waals surface area contributed by atoms with E-state index >= 15 is 0 Å². The topological polar surface area (TPSA) is 61.6 Å². The Morgan fingerprint density at radius 1 is 1.48 bits per heavy atom. The van der Waals surface area contributed by atoms with Crippen molar-refractivity contribution < 1.29 is 18.7 Å². The molecule has 2 aliphatic rings. The van der Waals surface area contributed by atoms with Gasteiger partial charge in [-0.2, -0.15) is 0 Å². The Morgan fingerprint density at radius 3 is 2.89 bits per heavy atom. The van der Waals surface area contributed by atoms with Crippen molar-refractivity contribution in [3.63, 3.8) is 0 Å². The number of ketones is 1. The van der Waals surface area contributed by atoms with Crippen LogP contribution in [0.1, 0.15) is 32.3 Å². The summed E-state index contributed by atoms with van der Waals surface area (Å²) in [6, 6.07) is 2.96. The normalized spacial score (nSPS) is 26.9. The zero-order valence-electron chi connectivity index (χ0n) is 16.3. The van der Waals surface area contributed by atoms with Crippen LogP contribution in [0, 0.1) is 23.6 Å². The molecule has 1 aliphatic carbocycles. The fourth-order valence-electron chi connectivity index (χ4n) is 4.45. The molecular weight excluding hydrogens is 345 g/mol. The van der Waals surface area contributed by atoms with E-state index in [1.54, 1.807) is 12.1 Å². The van der Waals surface area contributed by atoms with E-state index in [9.17, 15) is 9.18 Å². The monoisotopic (exact) mass is 373 g/mol. The van der Waals surface area contributed by atoms with Gasteiger partial charge in [0.25, 0.3) is 0 Å². The molecule has 0 saturated carbocycles. The Kier molecular flexibility index (Phi) is 5.43. The fourth-order valence-corrected chi connectivity index (χ4v) is 4.45. The van der Waals surface area contributed by atoms with E-state index in [0.29, 0.717) is 36.4 Å². The summed E-state index contributed by atoms with van der Waals surface area (Å²) in [5.41, 5.74) is 7.43. The van der Waals surface area contributed by atoms with Crippen LogP contribution < -0.4 is 10.5 Å². The third-order valence-electron chi connectivity index (χ3n) is 6.21. The maximum atomic E-state index is 14.5. The first kappa shape index (κ1) is 19.6. The van der Waals surface area contributed by atoms with E-state index in [2.05, 4.69) is 13.5 Å². The van der Waals surface area contributed by atoms with Gasteiger partial charge in [0, 0.05) is 12.0 Å². The third kappa shape index (κ3) is 3.41. The molecule has 0 amide bonds. The van der Waals surface area contributed by atoms with E-state index < -0.39 is 5.60 Å². The third-order valence-corrected chi connectivity index (χ3v) is 6.21. The van der Waals surface area contributed by atoms with E-state index in [1.165, 1.54) is 13.2 Å². The van der Waals surface area contributed by atoms with Gasteiger partial charge in [-0.05, 0) is 54.4 Å². The van der Waals surface area contributed by atoms with E-state index in [4.69, 9.17) is 15.2 Å². The van der Waals surface area contributed by atoms with Crippen LogP contribution in [0.25, 0.3) is 0 Å². The van der Waals surface area contributed by atoms with Crippen LogP contribution >= 0.6 is 0 Å². The molecule has 1 aromatic rings. The SMILES string of the molecule is C=CC(C)[C@H]1C[C@]2(C(C)Cc3cc(N)c(OC)cc3F)OCCC2=CC1=O. The van der Waals surface area contributed by atoms with Crippen molar-refractivity contribution in [1.29, 1.82) is 0 Å². The number of nitrogens with two attached hydrogens (primary N) is 1. The van der Waals surface area contributed by atoms with Gasteiger partial charge in [0.15, 0.2) is 5.78 Å². The Bertz CT molecular complexity index is 788. The molecule has 146 valence electrons. The smallest absolute Gasteiger partial charge is 0.159 e. The quantitative estimate of drug-likeness (QED) is 0.603. The van der Waals surface area contributed by atoms with E-state index in [-0.39, 0.29) is 29.4 Å². The Balaban J connectivity index is 1.91. The van der Waals surface area contributed by atoms with Crippen LogP contribution in [0.4, 0.5) is 10.1 Å². The molecule has 0 aromatic heterocycles. The largest absolute Gasteiger partial charge is 0.494 e. The molecule has 1 fully saturated rings. The lowest BCUT2D eigenvalue weighted by atomic mass is 9.66. The van der Waals surface area contributed by atoms with Gasteiger partial charge in [0.05, 0.1) is 25.0 Å². The number of benzene rings is 1. The minimum Gasteiger partial charge on any atom is -0.494 e. The minimum absolute atomic E-state index is 0.00107. The number of carbonyl (C=O) groups excluding carboxylic acids is 1. The molecule has 1 aromatic carbocycles. The van der Waals surface area contributed by atoms with E-state index in [0.717, 1.165) is 12.0 Å². The number of nitrogen functional groups attached to an aromatic ring is 1. The average Bonchev–Trinajstić information content (AvgIpc) is 3.06. The maximum absolute atomic E-state index is 14.5. The summed E-state index contributed by atoms with van der Waals surface area (Å²) >= 11 is 0. The van der Waals surface area contributed by atoms with Crippen molar-refractivity contribution >= 4 is 11.5 Å². The number of hydrogen-bond donors (Lipinski definition) is 1. The number of hydrogen-bond acceptors (Lipinski definition) is 4. The van der Waals surface area contributed by atoms with Gasteiger partial charge in [-0.25, -0.2) is 4.39 Å². The first-order chi connectivity index (χ1) is 12.8. The minimum atomic E-state index is -0.531. The van der Waals surface area contributed by atoms with Crippen LogP contribution in [-0.2, 0) is 16.0 Å². The number of fused-ring (bicyclic) bond motifs is 1. The van der Waals surface area contributed by atoms with Gasteiger partial charge in [-0.15, -0.1) is 6.58 Å². The Labute approximate surface area is 160 Å². The van der Waals surface area contributed by atoms with Crippen molar-refractivity contribution in [2.45, 2.75) is 38.7 Å². The highest BCUT2D eigenvalue weighted by molar-refractivity contribution is 5.94. The molecule has 0 bridgehead atoms. The molecule has 2 unspecified atom stereocenters. The highest BCUT2D eigenvalue weighted by atomic mass is 19.1. The summed E-state index contributed by atoms with van der Waals surface area (Å²) in [5.74, 6) is 0.0555. The number of carbonyl (C=O) groups is 1. The Hall–Kier alpha value is -2.14. The zero-order chi connectivity index (χ0) is 19.8. The number of rotatable bonds is 6. The number of ether oxygens (including phenoxy) is 2. The molecule has 5 heteroatoms. The number of halogens is 1. The van der Waals surface area contributed by atoms with Crippen molar-refractivity contribution in [1.82, 2.24) is 0 Å². The number of anilines is 1. The lowest BCUT2D eigenvalue weighted by molar-refractivity contribution is -0.124. The molecule has 2 N–H and O–H groups in total. The van der Waals surface area contributed by atoms with Gasteiger partial charge in [0.2, 0.25) is 0 Å². The summed E-state index contributed by atoms with van der Waals surface area (Å²) in [7, 11) is 1.47. The average molecular weight is 373 g/mol. The first-order valence-corrected chi connectivity index (χ1v) is 9.45. The van der Waals surface area contributed by atoms with Gasteiger partial charge < -0.3 is 15.2 Å². The molecule has 27 heavy (non-hydrogen) atoms. The standard InChI is InChI=1S/C22H28FNO3/c1-5-13(2)17-12-22(16(6-7-27-22)10-20(17)25)14(3)8-15-9-19(24)21(26-4)11-18(15)23/h5,9-11,13-14,17H,1,6-8,12,24H2,2-4H3/t13?,14?,17-,22-/m1/s1. The van der Waals surface area contributed by atoms with Crippen LogP contribution in [0.3, 0.4) is 0 Å². The lowest BCUT2D eigenvalue weighted by Crippen LogP contribution is -2.46. The van der Waals surface area contributed by atoms with E-state index in [1.807, 2.05) is 13.0 Å². The van der Waals surface area contributed by atoms with Crippen LogP contribution in [0.2, 0.25) is 0 Å². The molecule has 0 spiro atoms. The second kappa shape index (κ2) is 7.47. The van der Waals surface area contributed by atoms with Crippen molar-refractivity contribution in [2.75, 3.05) is 19.5 Å². The van der Waals surface area contributed by atoms with Crippen LogP contribution in [-0.4, -0.2) is 25.1 Å². The highest BCUT2D eigenvalue weighted by Crippen LogP contribution is 2.48. The zero-order valence-corrected chi connectivity index (χ0v) is 16.3. The van der Waals surface area contributed by atoms with Gasteiger partial charge in [-0.3, -0.25) is 4.79 Å². The molecule has 1 heterocycles. The molecule has 1 saturated heterocycles. The summed E-state index contributed by atoms with van der Waals surface area (Å²) in [4.78, 5) is 12.6. The molecule has 1 aliphatic heterocycles. The fraction of sp³-hybridized carbons (Fsp3) is 0.500. The molecule has 0 radical (unpaired) electrons. The Morgan fingerprint density at radius 2 is 2.22 bits per heavy atom. The van der Waals surface area contributed by atoms with Crippen LogP contribution in [0.5, 0.6) is 5.75 Å². The molecule has 4 atom stereocenters. The van der Waals surface area contributed by atoms with Gasteiger partial charge in [0.1, 0.15) is 11.6 Å². The molecular formula is C22H28FNO3. The molecule has 3 rings (SSSR count). The maximum Gasteiger partial charge on any atom is 0.159 e. The lowest BCUT2D eigenvalue weighted by Gasteiger charge is -2.42. The summed E-state index contributed by atoms with van der Waals surface area (Å²) in [6.07, 6.45) is 5.41. The second-order valence-corrected chi connectivity index (χ2v) is 7.76. The summed E-state index contributed by atoms with van der Waals surface area (Å²) in [6.45, 7) is 8.49. The summed E-state index contributed by atoms with van der Waals surface area (Å²) < 4.78 is 25.9. The predicted octanol–water partition coefficient (Wildman–Crippen LogP) is 4.09. The number of methoxy groups -OCH3 is 1. The van der Waals surface area contributed by atoms with Crippen molar-refractivity contribution in [3.05, 3.63) is 47.8 Å². The summed E-state index contributed by atoms with van der Waals surface area (Å²) in [5, 5.41) is 0. The highest BCUT2D eigenvalue weighted by Gasteiger charge is 2.50. The number of allylic oxidation sites excluding steroid dienone is 2.